The summed E-state index contributed by atoms with van der Waals surface area (Å²) in [7, 11) is 3.77. The molecule has 0 fully saturated rings. The number of pyridine rings is 1. The third-order valence-electron chi connectivity index (χ3n) is 2.98. The highest BCUT2D eigenvalue weighted by Crippen LogP contribution is 2.21. The summed E-state index contributed by atoms with van der Waals surface area (Å²) in [6, 6.07) is 3.67. The third-order valence-corrected chi connectivity index (χ3v) is 3.33. The van der Waals surface area contributed by atoms with Crippen LogP contribution in [0, 0.1) is 0 Å². The Morgan fingerprint density at radius 3 is 2.65 bits per heavy atom. The largest absolute Gasteiger partial charge is 0.394 e. The van der Waals surface area contributed by atoms with Crippen LogP contribution in [0.25, 0.3) is 0 Å². The number of nitrogens with zero attached hydrogens (tertiary/aromatic N) is 2. The number of likely N-dealkylation sites (N-methyl/N-ethyl adjacent to an activating group) is 1. The Morgan fingerprint density at radius 1 is 1.47 bits per heavy atom. The van der Waals surface area contributed by atoms with E-state index in [1.807, 2.05) is 45.0 Å². The van der Waals surface area contributed by atoms with E-state index in [9.17, 15) is 5.11 Å². The molecule has 96 valence electrons. The number of aliphatic hydroxyl groups is 1. The number of rotatable bonds is 5. The summed E-state index contributed by atoms with van der Waals surface area (Å²) in [6.45, 7) is 4.64. The van der Waals surface area contributed by atoms with Gasteiger partial charge in [0.25, 0.3) is 0 Å². The van der Waals surface area contributed by atoms with Crippen LogP contribution in [-0.4, -0.2) is 41.2 Å². The molecule has 1 aromatic heterocycles. The lowest BCUT2D eigenvalue weighted by Gasteiger charge is -2.33. The summed E-state index contributed by atoms with van der Waals surface area (Å²) in [5, 5.41) is 12.9. The Morgan fingerprint density at radius 2 is 2.12 bits per heavy atom. The van der Waals surface area contributed by atoms with Crippen LogP contribution >= 0.6 is 11.6 Å². The van der Waals surface area contributed by atoms with Crippen LogP contribution in [0.1, 0.15) is 19.5 Å². The molecule has 1 rings (SSSR count). The molecule has 5 heteroatoms. The van der Waals surface area contributed by atoms with Crippen molar-refractivity contribution >= 4 is 17.4 Å². The Labute approximate surface area is 108 Å². The summed E-state index contributed by atoms with van der Waals surface area (Å²) in [6.07, 6.45) is 0. The molecule has 17 heavy (non-hydrogen) atoms. The Balaban J connectivity index is 2.87. The average Bonchev–Trinajstić information content (AvgIpc) is 2.31. The van der Waals surface area contributed by atoms with Crippen LogP contribution in [0.15, 0.2) is 12.1 Å². The van der Waals surface area contributed by atoms with Crippen LogP contribution in [0.2, 0.25) is 5.02 Å². The fourth-order valence-corrected chi connectivity index (χ4v) is 1.46. The van der Waals surface area contributed by atoms with Crippen molar-refractivity contribution in [3.63, 3.8) is 0 Å². The van der Waals surface area contributed by atoms with Crippen molar-refractivity contribution in [1.82, 2.24) is 9.88 Å². The standard InChI is InChI=1S/C12H20ClN3O/c1-12(2,8-17)16(4)7-10-9(13)5-6-11(14-3)15-10/h5-6,17H,7-8H2,1-4H3,(H,14,15). The van der Waals surface area contributed by atoms with Crippen molar-refractivity contribution in [3.8, 4) is 0 Å². The van der Waals surface area contributed by atoms with Gasteiger partial charge in [-0.1, -0.05) is 11.6 Å². The SMILES string of the molecule is CNc1ccc(Cl)c(CN(C)C(C)(C)CO)n1. The fourth-order valence-electron chi connectivity index (χ4n) is 1.29. The minimum Gasteiger partial charge on any atom is -0.394 e. The van der Waals surface area contributed by atoms with Crippen LogP contribution in [0.5, 0.6) is 0 Å². The number of hydrogen-bond donors (Lipinski definition) is 2. The van der Waals surface area contributed by atoms with Gasteiger partial charge < -0.3 is 10.4 Å². The molecule has 1 heterocycles. The van der Waals surface area contributed by atoms with E-state index in [0.717, 1.165) is 11.5 Å². The van der Waals surface area contributed by atoms with Gasteiger partial charge in [-0.3, -0.25) is 4.90 Å². The quantitative estimate of drug-likeness (QED) is 0.847. The molecule has 0 aliphatic rings. The molecule has 0 unspecified atom stereocenters. The average molecular weight is 258 g/mol. The van der Waals surface area contributed by atoms with Gasteiger partial charge in [0.15, 0.2) is 0 Å². The van der Waals surface area contributed by atoms with Crippen molar-refractivity contribution in [2.24, 2.45) is 0 Å². The van der Waals surface area contributed by atoms with E-state index in [0.29, 0.717) is 11.6 Å². The lowest BCUT2D eigenvalue weighted by atomic mass is 10.1. The fraction of sp³-hybridized carbons (Fsp3) is 0.583. The second-order valence-corrected chi connectivity index (χ2v) is 5.11. The maximum absolute atomic E-state index is 9.31. The molecular weight excluding hydrogens is 238 g/mol. The normalized spacial score (nSPS) is 11.9. The molecule has 2 N–H and O–H groups in total. The van der Waals surface area contributed by atoms with Gasteiger partial charge in [0.05, 0.1) is 17.3 Å². The molecule has 0 aliphatic carbocycles. The zero-order valence-electron chi connectivity index (χ0n) is 10.8. The highest BCUT2D eigenvalue weighted by molar-refractivity contribution is 6.31. The van der Waals surface area contributed by atoms with E-state index in [4.69, 9.17) is 11.6 Å². The number of halogens is 1. The van der Waals surface area contributed by atoms with E-state index < -0.39 is 0 Å². The monoisotopic (exact) mass is 257 g/mol. The zero-order valence-corrected chi connectivity index (χ0v) is 11.5. The number of anilines is 1. The van der Waals surface area contributed by atoms with Crippen LogP contribution in [0.3, 0.4) is 0 Å². The predicted molar refractivity (Wildman–Crippen MR) is 71.4 cm³/mol. The highest BCUT2D eigenvalue weighted by Gasteiger charge is 2.23. The molecule has 0 spiro atoms. The Bertz CT molecular complexity index is 382. The predicted octanol–water partition coefficient (Wildman–Crippen LogP) is 1.98. The van der Waals surface area contributed by atoms with Gasteiger partial charge in [0.1, 0.15) is 5.82 Å². The Kier molecular flexibility index (Phi) is 4.74. The van der Waals surface area contributed by atoms with Gasteiger partial charge in [-0.25, -0.2) is 4.98 Å². The molecular formula is C12H20ClN3O. The summed E-state index contributed by atoms with van der Waals surface area (Å²) in [5.41, 5.74) is 0.517. The van der Waals surface area contributed by atoms with Crippen LogP contribution in [0.4, 0.5) is 5.82 Å². The van der Waals surface area contributed by atoms with E-state index in [1.165, 1.54) is 0 Å². The van der Waals surface area contributed by atoms with Crippen molar-refractivity contribution in [3.05, 3.63) is 22.8 Å². The first kappa shape index (κ1) is 14.2. The highest BCUT2D eigenvalue weighted by atomic mass is 35.5. The maximum atomic E-state index is 9.31. The second-order valence-electron chi connectivity index (χ2n) is 4.70. The summed E-state index contributed by atoms with van der Waals surface area (Å²) >= 11 is 6.11. The lowest BCUT2D eigenvalue weighted by molar-refractivity contribution is 0.0725. The molecule has 0 bridgehead atoms. The number of hydrogen-bond acceptors (Lipinski definition) is 4. The van der Waals surface area contributed by atoms with Gasteiger partial charge in [-0.05, 0) is 33.0 Å². The first-order valence-corrected chi connectivity index (χ1v) is 5.94. The number of aromatic nitrogens is 1. The molecule has 0 radical (unpaired) electrons. The van der Waals surface area contributed by atoms with Gasteiger partial charge in [-0.2, -0.15) is 0 Å². The number of nitrogens with one attached hydrogen (secondary N) is 1. The molecule has 0 aromatic carbocycles. The minimum atomic E-state index is -0.291. The van der Waals surface area contributed by atoms with E-state index in [2.05, 4.69) is 10.3 Å². The Hall–Kier alpha value is -0.840. The van der Waals surface area contributed by atoms with E-state index in [-0.39, 0.29) is 12.1 Å². The first-order chi connectivity index (χ1) is 7.90. The lowest BCUT2D eigenvalue weighted by Crippen LogP contribution is -2.43. The molecule has 4 nitrogen and oxygen atoms in total. The molecule has 0 amide bonds. The van der Waals surface area contributed by atoms with Gasteiger partial charge >= 0.3 is 0 Å². The molecule has 1 aromatic rings. The van der Waals surface area contributed by atoms with Crippen molar-refractivity contribution in [1.29, 1.82) is 0 Å². The molecule has 0 aliphatic heterocycles. The van der Waals surface area contributed by atoms with Crippen molar-refractivity contribution in [2.45, 2.75) is 25.9 Å². The van der Waals surface area contributed by atoms with Gasteiger partial charge in [0, 0.05) is 19.1 Å². The van der Waals surface area contributed by atoms with Gasteiger partial charge in [0.2, 0.25) is 0 Å². The first-order valence-electron chi connectivity index (χ1n) is 5.56. The minimum absolute atomic E-state index is 0.0901. The summed E-state index contributed by atoms with van der Waals surface area (Å²) < 4.78 is 0. The number of aliphatic hydroxyl groups excluding tert-OH is 1. The third kappa shape index (κ3) is 3.56. The van der Waals surface area contributed by atoms with Crippen molar-refractivity contribution < 1.29 is 5.11 Å². The van der Waals surface area contributed by atoms with Crippen LogP contribution in [-0.2, 0) is 6.54 Å². The smallest absolute Gasteiger partial charge is 0.126 e. The molecule has 0 atom stereocenters. The topological polar surface area (TPSA) is 48.4 Å². The van der Waals surface area contributed by atoms with E-state index in [1.54, 1.807) is 0 Å². The molecule has 0 saturated heterocycles. The second kappa shape index (κ2) is 5.67. The van der Waals surface area contributed by atoms with Crippen molar-refractivity contribution in [2.75, 3.05) is 26.0 Å². The van der Waals surface area contributed by atoms with Gasteiger partial charge in [-0.15, -0.1) is 0 Å². The maximum Gasteiger partial charge on any atom is 0.126 e. The van der Waals surface area contributed by atoms with E-state index >= 15 is 0 Å². The molecule has 0 saturated carbocycles. The summed E-state index contributed by atoms with van der Waals surface area (Å²) in [5.74, 6) is 0.791. The summed E-state index contributed by atoms with van der Waals surface area (Å²) in [4.78, 5) is 6.44. The van der Waals surface area contributed by atoms with Crippen LogP contribution < -0.4 is 5.32 Å². The zero-order chi connectivity index (χ0) is 13.1.